The average molecular weight is 347 g/mol. The summed E-state index contributed by atoms with van der Waals surface area (Å²) in [5.41, 5.74) is 0.646. The number of anilines is 1. The van der Waals surface area contributed by atoms with Crippen molar-refractivity contribution in [2.24, 2.45) is 5.10 Å². The number of hydrazone groups is 1. The van der Waals surface area contributed by atoms with Crippen LogP contribution in [0.15, 0.2) is 11.3 Å². The molecule has 24 heavy (non-hydrogen) atoms. The first kappa shape index (κ1) is 17.6. The zero-order chi connectivity index (χ0) is 18.0. The highest BCUT2D eigenvalue weighted by atomic mass is 19.2. The summed E-state index contributed by atoms with van der Waals surface area (Å²) in [5.74, 6) is -11.0. The number of nitrogens with zero attached hydrogens (tertiary/aromatic N) is 2. The van der Waals surface area contributed by atoms with E-state index in [0.29, 0.717) is 0 Å². The molecule has 2 aromatic rings. The van der Waals surface area contributed by atoms with Gasteiger partial charge in [-0.2, -0.15) is 5.10 Å². The summed E-state index contributed by atoms with van der Waals surface area (Å²) < 4.78 is 65.9. The molecule has 3 N–H and O–H groups in total. The molecular weight excluding hydrogens is 337 g/mol. The maximum atomic E-state index is 13.5. The molecule has 0 atom stereocenters. The van der Waals surface area contributed by atoms with Gasteiger partial charge in [0.2, 0.25) is 5.82 Å². The third-order valence-corrected chi connectivity index (χ3v) is 3.11. The van der Waals surface area contributed by atoms with E-state index in [-0.39, 0.29) is 22.6 Å². The lowest BCUT2D eigenvalue weighted by atomic mass is 10.1. The van der Waals surface area contributed by atoms with Crippen LogP contribution in [-0.2, 0) is 6.61 Å². The minimum atomic E-state index is -2.29. The van der Waals surface area contributed by atoms with Crippen molar-refractivity contribution < 1.29 is 32.2 Å². The van der Waals surface area contributed by atoms with Gasteiger partial charge in [-0.05, 0) is 6.92 Å². The van der Waals surface area contributed by atoms with Gasteiger partial charge in [-0.25, -0.2) is 22.0 Å². The molecule has 0 saturated carbocycles. The van der Waals surface area contributed by atoms with E-state index < -0.39 is 41.4 Å². The topological polar surface area (TPSA) is 77.7 Å². The van der Waals surface area contributed by atoms with Gasteiger partial charge in [-0.1, -0.05) is 0 Å². The summed E-state index contributed by atoms with van der Waals surface area (Å²) in [4.78, 5) is 3.78. The van der Waals surface area contributed by atoms with E-state index >= 15 is 0 Å². The number of benzene rings is 1. The Morgan fingerprint density at radius 2 is 1.62 bits per heavy atom. The molecule has 0 aliphatic carbocycles. The molecule has 10 heteroatoms. The van der Waals surface area contributed by atoms with E-state index in [2.05, 4.69) is 10.1 Å². The Balaban J connectivity index is 2.40. The van der Waals surface area contributed by atoms with E-state index in [1.165, 1.54) is 13.1 Å². The quantitative estimate of drug-likeness (QED) is 0.261. The molecule has 0 fully saturated rings. The second kappa shape index (κ2) is 6.79. The Bertz CT molecular complexity index is 798. The normalized spacial score (nSPS) is 11.3. The maximum Gasteiger partial charge on any atom is 0.200 e. The van der Waals surface area contributed by atoms with Gasteiger partial charge in [0.05, 0.1) is 18.5 Å². The number of pyridine rings is 1. The number of hydrogen-bond donors (Lipinski definition) is 3. The fourth-order valence-corrected chi connectivity index (χ4v) is 1.79. The summed E-state index contributed by atoms with van der Waals surface area (Å²) in [6, 6.07) is 0. The molecule has 5 nitrogen and oxygen atoms in total. The van der Waals surface area contributed by atoms with Crippen molar-refractivity contribution in [3.05, 3.63) is 52.1 Å². The number of halogens is 5. The fraction of sp³-hybridized carbons (Fsp3) is 0.143. The van der Waals surface area contributed by atoms with Crippen molar-refractivity contribution in [3.8, 4) is 5.75 Å². The lowest BCUT2D eigenvalue weighted by Crippen LogP contribution is -2.07. The van der Waals surface area contributed by atoms with Crippen LogP contribution >= 0.6 is 0 Å². The average Bonchev–Trinajstić information content (AvgIpc) is 2.58. The lowest BCUT2D eigenvalue weighted by molar-refractivity contribution is 0.280. The summed E-state index contributed by atoms with van der Waals surface area (Å²) >= 11 is 0. The fourth-order valence-electron chi connectivity index (χ4n) is 1.79. The number of hydrogen-bond acceptors (Lipinski definition) is 5. The molecule has 1 heterocycles. The highest BCUT2D eigenvalue weighted by molar-refractivity contribution is 5.86. The first-order valence-electron chi connectivity index (χ1n) is 6.38. The van der Waals surface area contributed by atoms with Gasteiger partial charge in [0.1, 0.15) is 11.4 Å². The summed E-state index contributed by atoms with van der Waals surface area (Å²) in [7, 11) is 0. The van der Waals surface area contributed by atoms with E-state index in [9.17, 15) is 27.1 Å². The molecule has 2 rings (SSSR count). The first-order chi connectivity index (χ1) is 11.3. The van der Waals surface area contributed by atoms with Crippen LogP contribution in [0.4, 0.5) is 27.6 Å². The highest BCUT2D eigenvalue weighted by Crippen LogP contribution is 2.27. The summed E-state index contributed by atoms with van der Waals surface area (Å²) in [6.07, 6.45) is 2.09. The van der Waals surface area contributed by atoms with Crippen LogP contribution in [0.3, 0.4) is 0 Å². The third-order valence-electron chi connectivity index (χ3n) is 3.11. The first-order valence-corrected chi connectivity index (χ1v) is 6.38. The number of aliphatic hydroxyl groups is 1. The summed E-state index contributed by atoms with van der Waals surface area (Å²) in [5, 5.41) is 22.3. The number of aliphatic hydroxyl groups excluding tert-OH is 1. The van der Waals surface area contributed by atoms with Gasteiger partial charge in [0, 0.05) is 17.3 Å². The molecule has 128 valence electrons. The monoisotopic (exact) mass is 347 g/mol. The van der Waals surface area contributed by atoms with Crippen molar-refractivity contribution in [2.45, 2.75) is 13.5 Å². The number of aryl methyl sites for hydroxylation is 1. The van der Waals surface area contributed by atoms with E-state index in [4.69, 9.17) is 5.11 Å². The molecule has 0 saturated heterocycles. The Kier molecular flexibility index (Phi) is 4.98. The minimum Gasteiger partial charge on any atom is -0.505 e. The van der Waals surface area contributed by atoms with Crippen molar-refractivity contribution in [1.29, 1.82) is 0 Å². The van der Waals surface area contributed by atoms with Crippen molar-refractivity contribution >= 4 is 11.9 Å². The van der Waals surface area contributed by atoms with Crippen LogP contribution in [0.5, 0.6) is 5.75 Å². The van der Waals surface area contributed by atoms with Gasteiger partial charge < -0.3 is 10.2 Å². The molecule has 0 bridgehead atoms. The standard InChI is InChI=1S/C14H10F5N3O2/c1-5-14(24)7(6(4-23)2-20-5)3-21-22-13-11(18)9(16)8(15)10(17)12(13)19/h2-3,22-24H,4H2,1H3/b21-3-. The highest BCUT2D eigenvalue weighted by Gasteiger charge is 2.25. The third kappa shape index (κ3) is 3.00. The minimum absolute atomic E-state index is 0.0265. The van der Waals surface area contributed by atoms with Crippen molar-refractivity contribution in [3.63, 3.8) is 0 Å². The lowest BCUT2D eigenvalue weighted by Gasteiger charge is -2.09. The maximum absolute atomic E-state index is 13.5. The molecule has 0 amide bonds. The van der Waals surface area contributed by atoms with Gasteiger partial charge in [-0.3, -0.25) is 10.4 Å². The molecule has 1 aromatic heterocycles. The Labute approximate surface area is 132 Å². The zero-order valence-corrected chi connectivity index (χ0v) is 12.0. The van der Waals surface area contributed by atoms with Crippen LogP contribution in [-0.4, -0.2) is 21.4 Å². The molecule has 0 radical (unpaired) electrons. The number of rotatable bonds is 4. The van der Waals surface area contributed by atoms with Crippen LogP contribution in [0.25, 0.3) is 0 Å². The Morgan fingerprint density at radius 1 is 1.08 bits per heavy atom. The van der Waals surface area contributed by atoms with Gasteiger partial charge in [-0.15, -0.1) is 0 Å². The second-order valence-electron chi connectivity index (χ2n) is 4.60. The zero-order valence-electron chi connectivity index (χ0n) is 12.0. The number of nitrogens with one attached hydrogen (secondary N) is 1. The van der Waals surface area contributed by atoms with Crippen LogP contribution in [0.2, 0.25) is 0 Å². The summed E-state index contributed by atoms with van der Waals surface area (Å²) in [6.45, 7) is 0.927. The SMILES string of the molecule is Cc1ncc(CO)c(/C=N\Nc2c(F)c(F)c(F)c(F)c2F)c1O. The smallest absolute Gasteiger partial charge is 0.200 e. The molecule has 0 aliphatic heterocycles. The number of aromatic hydroxyl groups is 1. The largest absolute Gasteiger partial charge is 0.505 e. The number of aromatic nitrogens is 1. The second-order valence-corrected chi connectivity index (χ2v) is 4.60. The van der Waals surface area contributed by atoms with Gasteiger partial charge >= 0.3 is 0 Å². The van der Waals surface area contributed by atoms with Crippen LogP contribution in [0, 0.1) is 36.0 Å². The Hall–Kier alpha value is -2.75. The predicted molar refractivity (Wildman–Crippen MR) is 74.0 cm³/mol. The molecule has 0 aliphatic rings. The van der Waals surface area contributed by atoms with Crippen molar-refractivity contribution in [1.82, 2.24) is 4.98 Å². The van der Waals surface area contributed by atoms with Crippen LogP contribution in [0.1, 0.15) is 16.8 Å². The predicted octanol–water partition coefficient (Wildman–Crippen LogP) is 2.73. The Morgan fingerprint density at radius 3 is 2.17 bits per heavy atom. The van der Waals surface area contributed by atoms with Crippen molar-refractivity contribution in [2.75, 3.05) is 5.43 Å². The van der Waals surface area contributed by atoms with Crippen LogP contribution < -0.4 is 5.43 Å². The molecule has 0 unspecified atom stereocenters. The van der Waals surface area contributed by atoms with Gasteiger partial charge in [0.25, 0.3) is 0 Å². The molecule has 1 aromatic carbocycles. The molecule has 0 spiro atoms. The van der Waals surface area contributed by atoms with E-state index in [1.54, 1.807) is 5.43 Å². The molecular formula is C14H10F5N3O2. The van der Waals surface area contributed by atoms with E-state index in [1.807, 2.05) is 0 Å². The van der Waals surface area contributed by atoms with E-state index in [0.717, 1.165) is 6.21 Å². The van der Waals surface area contributed by atoms with Gasteiger partial charge in [0.15, 0.2) is 23.3 Å².